The Balaban J connectivity index is 2.34. The van der Waals surface area contributed by atoms with E-state index in [0.717, 1.165) is 30.0 Å². The molecule has 0 fully saturated rings. The van der Waals surface area contributed by atoms with Crippen LogP contribution in [0.1, 0.15) is 10.4 Å². The Hall–Kier alpha value is -1.39. The van der Waals surface area contributed by atoms with E-state index in [-0.39, 0.29) is 4.90 Å². The van der Waals surface area contributed by atoms with Crippen LogP contribution in [0.15, 0.2) is 46.2 Å². The molecule has 2 aromatic carbocycles. The lowest BCUT2D eigenvalue weighted by Crippen LogP contribution is -1.85. The van der Waals surface area contributed by atoms with Crippen molar-refractivity contribution in [2.75, 3.05) is 0 Å². The van der Waals surface area contributed by atoms with Gasteiger partial charge in [0.05, 0.1) is 9.92 Å². The number of hydrogen-bond acceptors (Lipinski definition) is 2. The molecule has 0 unspecified atom stereocenters. The van der Waals surface area contributed by atoms with Crippen LogP contribution in [0, 0.1) is 11.6 Å². The summed E-state index contributed by atoms with van der Waals surface area (Å²) < 4.78 is 26.5. The van der Waals surface area contributed by atoms with E-state index in [1.54, 1.807) is 12.1 Å². The molecule has 0 aliphatic carbocycles. The van der Waals surface area contributed by atoms with E-state index in [1.165, 1.54) is 6.07 Å². The lowest BCUT2D eigenvalue weighted by Gasteiger charge is -2.06. The number of carbonyl (C=O) groups is 1. The third-order valence-electron chi connectivity index (χ3n) is 2.21. The van der Waals surface area contributed by atoms with Crippen LogP contribution < -0.4 is 0 Å². The lowest BCUT2D eigenvalue weighted by atomic mass is 10.2. The third-order valence-corrected chi connectivity index (χ3v) is 3.74. The zero-order chi connectivity index (χ0) is 13.1. The van der Waals surface area contributed by atoms with Crippen LogP contribution in [-0.2, 0) is 0 Å². The molecule has 0 radical (unpaired) electrons. The minimum Gasteiger partial charge on any atom is -0.298 e. The van der Waals surface area contributed by atoms with Gasteiger partial charge in [-0.15, -0.1) is 0 Å². The lowest BCUT2D eigenvalue weighted by molar-refractivity contribution is 0.112. The van der Waals surface area contributed by atoms with Crippen molar-refractivity contribution in [3.8, 4) is 0 Å². The fraction of sp³-hybridized carbons (Fsp3) is 0. The van der Waals surface area contributed by atoms with Crippen LogP contribution in [0.5, 0.6) is 0 Å². The first-order valence-corrected chi connectivity index (χ1v) is 6.17. The average Bonchev–Trinajstić information content (AvgIpc) is 2.36. The Bertz CT molecular complexity index is 602. The zero-order valence-corrected chi connectivity index (χ0v) is 10.6. The molecule has 0 aliphatic rings. The molecular formula is C13H7ClF2OS. The molecule has 0 aromatic heterocycles. The van der Waals surface area contributed by atoms with Crippen LogP contribution in [-0.4, -0.2) is 6.29 Å². The quantitative estimate of drug-likeness (QED) is 0.767. The summed E-state index contributed by atoms with van der Waals surface area (Å²) >= 11 is 6.97. The second-order valence-corrected chi connectivity index (χ2v) is 4.98. The first-order valence-electron chi connectivity index (χ1n) is 4.98. The average molecular weight is 285 g/mol. The topological polar surface area (TPSA) is 17.1 Å². The Kier molecular flexibility index (Phi) is 3.99. The second kappa shape index (κ2) is 5.50. The number of hydrogen-bond donors (Lipinski definition) is 0. The summed E-state index contributed by atoms with van der Waals surface area (Å²) in [6.45, 7) is 0. The van der Waals surface area contributed by atoms with Crippen molar-refractivity contribution < 1.29 is 13.6 Å². The van der Waals surface area contributed by atoms with E-state index in [9.17, 15) is 13.6 Å². The summed E-state index contributed by atoms with van der Waals surface area (Å²) in [6, 6.07) is 7.86. The van der Waals surface area contributed by atoms with E-state index in [0.29, 0.717) is 21.8 Å². The van der Waals surface area contributed by atoms with Gasteiger partial charge in [0.2, 0.25) is 0 Å². The molecule has 2 aromatic rings. The Morgan fingerprint density at radius 1 is 1.06 bits per heavy atom. The van der Waals surface area contributed by atoms with E-state index in [1.807, 2.05) is 0 Å². The molecule has 92 valence electrons. The maximum Gasteiger partial charge on any atom is 0.150 e. The van der Waals surface area contributed by atoms with E-state index < -0.39 is 11.6 Å². The van der Waals surface area contributed by atoms with Gasteiger partial charge in [-0.25, -0.2) is 8.78 Å². The molecule has 0 atom stereocenters. The molecule has 0 spiro atoms. The van der Waals surface area contributed by atoms with Crippen molar-refractivity contribution in [2.24, 2.45) is 0 Å². The molecule has 0 amide bonds. The molecule has 0 saturated carbocycles. The monoisotopic (exact) mass is 284 g/mol. The molecule has 2 rings (SSSR count). The van der Waals surface area contributed by atoms with Gasteiger partial charge in [-0.05, 0) is 30.3 Å². The van der Waals surface area contributed by atoms with Crippen molar-refractivity contribution in [2.45, 2.75) is 9.79 Å². The fourth-order valence-corrected chi connectivity index (χ4v) is 2.52. The van der Waals surface area contributed by atoms with Gasteiger partial charge in [0.15, 0.2) is 0 Å². The van der Waals surface area contributed by atoms with Crippen LogP contribution in [0.4, 0.5) is 8.78 Å². The van der Waals surface area contributed by atoms with Crippen LogP contribution in [0.2, 0.25) is 5.02 Å². The van der Waals surface area contributed by atoms with Crippen LogP contribution >= 0.6 is 23.4 Å². The van der Waals surface area contributed by atoms with Crippen molar-refractivity contribution in [1.29, 1.82) is 0 Å². The van der Waals surface area contributed by atoms with Crippen molar-refractivity contribution in [3.05, 3.63) is 58.6 Å². The van der Waals surface area contributed by atoms with Gasteiger partial charge in [0.1, 0.15) is 17.9 Å². The van der Waals surface area contributed by atoms with Crippen LogP contribution in [0.3, 0.4) is 0 Å². The molecule has 0 N–H and O–H groups in total. The minimum atomic E-state index is -0.517. The minimum absolute atomic E-state index is 0.149. The van der Waals surface area contributed by atoms with Crippen molar-refractivity contribution in [1.82, 2.24) is 0 Å². The summed E-state index contributed by atoms with van der Waals surface area (Å²) in [7, 11) is 0. The van der Waals surface area contributed by atoms with E-state index in [2.05, 4.69) is 0 Å². The number of benzene rings is 2. The molecular weight excluding hydrogens is 278 g/mol. The highest BCUT2D eigenvalue weighted by Crippen LogP contribution is 2.35. The van der Waals surface area contributed by atoms with Gasteiger partial charge in [-0.2, -0.15) is 0 Å². The normalized spacial score (nSPS) is 10.4. The number of carbonyl (C=O) groups excluding carboxylic acids is 1. The standard InChI is InChI=1S/C13H7ClF2OS/c14-10-5-8(7-17)1-4-12(10)18-13-6-9(15)2-3-11(13)16/h1-7H. The predicted octanol–water partition coefficient (Wildman–Crippen LogP) is 4.58. The maximum absolute atomic E-state index is 13.4. The molecule has 1 nitrogen and oxygen atoms in total. The Morgan fingerprint density at radius 2 is 1.83 bits per heavy atom. The first kappa shape index (κ1) is 13.1. The fourth-order valence-electron chi connectivity index (χ4n) is 1.35. The van der Waals surface area contributed by atoms with E-state index in [4.69, 9.17) is 11.6 Å². The largest absolute Gasteiger partial charge is 0.298 e. The van der Waals surface area contributed by atoms with Gasteiger partial charge in [-0.1, -0.05) is 29.4 Å². The summed E-state index contributed by atoms with van der Waals surface area (Å²) in [5.41, 5.74) is 0.434. The number of halogens is 3. The second-order valence-electron chi connectivity index (χ2n) is 3.48. The molecule has 0 saturated heterocycles. The Labute approximate surface area is 112 Å². The highest BCUT2D eigenvalue weighted by molar-refractivity contribution is 7.99. The molecule has 0 bridgehead atoms. The first-order chi connectivity index (χ1) is 8.60. The summed E-state index contributed by atoms with van der Waals surface area (Å²) in [5.74, 6) is -1.03. The Morgan fingerprint density at radius 3 is 2.50 bits per heavy atom. The van der Waals surface area contributed by atoms with Crippen molar-refractivity contribution >= 4 is 29.6 Å². The summed E-state index contributed by atoms with van der Waals surface area (Å²) in [6.07, 6.45) is 0.670. The highest BCUT2D eigenvalue weighted by atomic mass is 35.5. The van der Waals surface area contributed by atoms with Gasteiger partial charge < -0.3 is 0 Å². The smallest absolute Gasteiger partial charge is 0.150 e. The van der Waals surface area contributed by atoms with Gasteiger partial charge >= 0.3 is 0 Å². The summed E-state index contributed by atoms with van der Waals surface area (Å²) in [4.78, 5) is 11.3. The summed E-state index contributed by atoms with van der Waals surface area (Å²) in [5, 5.41) is 0.327. The zero-order valence-electron chi connectivity index (χ0n) is 8.99. The molecule has 5 heteroatoms. The number of rotatable bonds is 3. The highest BCUT2D eigenvalue weighted by Gasteiger charge is 2.09. The molecule has 18 heavy (non-hydrogen) atoms. The van der Waals surface area contributed by atoms with E-state index >= 15 is 0 Å². The van der Waals surface area contributed by atoms with Crippen LogP contribution in [0.25, 0.3) is 0 Å². The van der Waals surface area contributed by atoms with Gasteiger partial charge in [0.25, 0.3) is 0 Å². The third kappa shape index (κ3) is 2.89. The number of aldehydes is 1. The van der Waals surface area contributed by atoms with Gasteiger partial charge in [0, 0.05) is 10.5 Å². The van der Waals surface area contributed by atoms with Crippen molar-refractivity contribution in [3.63, 3.8) is 0 Å². The van der Waals surface area contributed by atoms with Gasteiger partial charge in [-0.3, -0.25) is 4.79 Å². The predicted molar refractivity (Wildman–Crippen MR) is 67.3 cm³/mol. The maximum atomic E-state index is 13.4. The SMILES string of the molecule is O=Cc1ccc(Sc2cc(F)ccc2F)c(Cl)c1. The molecule has 0 aliphatic heterocycles. The molecule has 0 heterocycles.